The van der Waals surface area contributed by atoms with Crippen LogP contribution in [0.4, 0.5) is 5.69 Å². The summed E-state index contributed by atoms with van der Waals surface area (Å²) in [5.41, 5.74) is 0.602. The van der Waals surface area contributed by atoms with Gasteiger partial charge in [-0.2, -0.15) is 12.7 Å². The minimum absolute atomic E-state index is 0.188. The lowest BCUT2D eigenvalue weighted by Gasteiger charge is -2.31. The first kappa shape index (κ1) is 21.6. The van der Waals surface area contributed by atoms with E-state index < -0.39 is 10.2 Å². The molecule has 0 spiro atoms. The number of anilines is 1. The lowest BCUT2D eigenvalue weighted by Crippen LogP contribution is -2.43. The molecule has 2 heterocycles. The molecular weight excluding hydrogens is 374 g/mol. The zero-order valence-corrected chi connectivity index (χ0v) is 17.7. The van der Waals surface area contributed by atoms with Crippen molar-refractivity contribution in [3.63, 3.8) is 0 Å². The molecular formula is C21H35N3O3S. The number of para-hydroxylation sites is 1. The van der Waals surface area contributed by atoms with Crippen molar-refractivity contribution < 1.29 is 13.2 Å². The fourth-order valence-corrected chi connectivity index (χ4v) is 5.26. The van der Waals surface area contributed by atoms with Crippen LogP contribution in [0.15, 0.2) is 30.3 Å². The average Bonchev–Trinajstić information content (AvgIpc) is 3.21. The van der Waals surface area contributed by atoms with Crippen LogP contribution in [0.5, 0.6) is 0 Å². The minimum Gasteiger partial charge on any atom is -0.378 e. The molecule has 7 heteroatoms. The van der Waals surface area contributed by atoms with Crippen LogP contribution in [-0.4, -0.2) is 63.1 Å². The number of benzene rings is 1. The van der Waals surface area contributed by atoms with Gasteiger partial charge in [0.05, 0.1) is 6.10 Å². The van der Waals surface area contributed by atoms with Crippen LogP contribution in [0.2, 0.25) is 0 Å². The Morgan fingerprint density at radius 3 is 2.32 bits per heavy atom. The quantitative estimate of drug-likeness (QED) is 0.569. The highest BCUT2D eigenvalue weighted by Gasteiger charge is 2.28. The third-order valence-corrected chi connectivity index (χ3v) is 7.22. The largest absolute Gasteiger partial charge is 0.378 e. The molecule has 0 bridgehead atoms. The van der Waals surface area contributed by atoms with Gasteiger partial charge in [0.25, 0.3) is 0 Å². The molecule has 2 aliphatic rings. The van der Waals surface area contributed by atoms with E-state index in [0.717, 1.165) is 25.9 Å². The standard InChI is InChI=1S/C21H35N3O3S/c25-28(26,22-20-10-4-3-5-11-20)24-17-12-21(13-18-24)27-19-9-2-1-6-14-23-15-7-8-16-23/h3-5,10-11,21-22H,1-2,6-9,12-19H2. The van der Waals surface area contributed by atoms with Crippen LogP contribution < -0.4 is 4.72 Å². The number of hydrogen-bond donors (Lipinski definition) is 1. The molecule has 3 rings (SSSR count). The first-order chi connectivity index (χ1) is 13.6. The smallest absolute Gasteiger partial charge is 0.301 e. The topological polar surface area (TPSA) is 61.9 Å². The first-order valence-corrected chi connectivity index (χ1v) is 12.2. The Morgan fingerprint density at radius 2 is 1.61 bits per heavy atom. The van der Waals surface area contributed by atoms with Gasteiger partial charge in [-0.05, 0) is 70.3 Å². The Labute approximate surface area is 170 Å². The SMILES string of the molecule is O=S(=O)(Nc1ccccc1)N1CCC(OCCCCCCN2CCCC2)CC1. The van der Waals surface area contributed by atoms with Gasteiger partial charge in [-0.3, -0.25) is 4.72 Å². The molecule has 2 saturated heterocycles. The summed E-state index contributed by atoms with van der Waals surface area (Å²) in [5.74, 6) is 0. The fourth-order valence-electron chi connectivity index (χ4n) is 4.01. The Hall–Kier alpha value is -1.15. The zero-order chi connectivity index (χ0) is 19.7. The first-order valence-electron chi connectivity index (χ1n) is 10.8. The number of ether oxygens (including phenoxy) is 1. The van der Waals surface area contributed by atoms with Crippen LogP contribution in [-0.2, 0) is 14.9 Å². The van der Waals surface area contributed by atoms with Gasteiger partial charge in [0.2, 0.25) is 0 Å². The molecule has 0 radical (unpaired) electrons. The van der Waals surface area contributed by atoms with Crippen LogP contribution >= 0.6 is 0 Å². The molecule has 1 aromatic rings. The summed E-state index contributed by atoms with van der Waals surface area (Å²) in [5, 5.41) is 0. The zero-order valence-electron chi connectivity index (χ0n) is 16.9. The number of nitrogens with one attached hydrogen (secondary N) is 1. The molecule has 2 aliphatic heterocycles. The van der Waals surface area contributed by atoms with Gasteiger partial charge >= 0.3 is 10.2 Å². The Bertz CT molecular complexity index is 655. The summed E-state index contributed by atoms with van der Waals surface area (Å²) >= 11 is 0. The monoisotopic (exact) mass is 409 g/mol. The van der Waals surface area contributed by atoms with E-state index in [4.69, 9.17) is 4.74 Å². The highest BCUT2D eigenvalue weighted by Crippen LogP contribution is 2.19. The number of nitrogens with zero attached hydrogens (tertiary/aromatic N) is 2. The molecule has 0 aliphatic carbocycles. The number of piperidine rings is 1. The normalized spacial score (nSPS) is 19.9. The van der Waals surface area contributed by atoms with Crippen LogP contribution in [0.3, 0.4) is 0 Å². The predicted octanol–water partition coefficient (Wildman–Crippen LogP) is 3.48. The lowest BCUT2D eigenvalue weighted by atomic mass is 10.1. The van der Waals surface area contributed by atoms with Crippen molar-refractivity contribution in [1.82, 2.24) is 9.21 Å². The summed E-state index contributed by atoms with van der Waals surface area (Å²) < 4.78 is 35.1. The van der Waals surface area contributed by atoms with E-state index in [9.17, 15) is 8.42 Å². The summed E-state index contributed by atoms with van der Waals surface area (Å²) in [6.07, 6.45) is 9.37. The Balaban J connectivity index is 1.25. The van der Waals surface area contributed by atoms with Crippen molar-refractivity contribution in [3.8, 4) is 0 Å². The minimum atomic E-state index is -3.48. The molecule has 28 heavy (non-hydrogen) atoms. The van der Waals surface area contributed by atoms with Crippen molar-refractivity contribution in [1.29, 1.82) is 0 Å². The van der Waals surface area contributed by atoms with E-state index >= 15 is 0 Å². The summed E-state index contributed by atoms with van der Waals surface area (Å²) in [6.45, 7) is 5.66. The van der Waals surface area contributed by atoms with E-state index in [-0.39, 0.29) is 6.10 Å². The number of likely N-dealkylation sites (tertiary alicyclic amines) is 1. The second-order valence-electron chi connectivity index (χ2n) is 7.91. The molecule has 1 N–H and O–H groups in total. The maximum absolute atomic E-state index is 12.5. The van der Waals surface area contributed by atoms with E-state index in [0.29, 0.717) is 18.8 Å². The molecule has 0 aromatic heterocycles. The average molecular weight is 410 g/mol. The van der Waals surface area contributed by atoms with Crippen LogP contribution in [0.1, 0.15) is 51.4 Å². The van der Waals surface area contributed by atoms with Crippen molar-refractivity contribution in [3.05, 3.63) is 30.3 Å². The number of unbranched alkanes of at least 4 members (excludes halogenated alkanes) is 3. The molecule has 158 valence electrons. The van der Waals surface area contributed by atoms with E-state index in [1.807, 2.05) is 18.2 Å². The van der Waals surface area contributed by atoms with Gasteiger partial charge in [0, 0.05) is 25.4 Å². The highest BCUT2D eigenvalue weighted by atomic mass is 32.2. The van der Waals surface area contributed by atoms with E-state index in [1.165, 1.54) is 56.0 Å². The van der Waals surface area contributed by atoms with Gasteiger partial charge in [-0.15, -0.1) is 0 Å². The molecule has 2 fully saturated rings. The van der Waals surface area contributed by atoms with Gasteiger partial charge in [0.15, 0.2) is 0 Å². The van der Waals surface area contributed by atoms with Crippen LogP contribution in [0.25, 0.3) is 0 Å². The van der Waals surface area contributed by atoms with Crippen molar-refractivity contribution in [2.24, 2.45) is 0 Å². The van der Waals surface area contributed by atoms with Gasteiger partial charge in [0.1, 0.15) is 0 Å². The summed E-state index contributed by atoms with van der Waals surface area (Å²) in [7, 11) is -3.48. The second kappa shape index (κ2) is 11.1. The lowest BCUT2D eigenvalue weighted by molar-refractivity contribution is 0.0193. The van der Waals surface area contributed by atoms with Crippen molar-refractivity contribution >= 4 is 15.9 Å². The fraction of sp³-hybridized carbons (Fsp3) is 0.714. The third-order valence-electron chi connectivity index (χ3n) is 5.68. The molecule has 0 atom stereocenters. The molecule has 0 saturated carbocycles. The second-order valence-corrected chi connectivity index (χ2v) is 9.58. The van der Waals surface area contributed by atoms with Gasteiger partial charge < -0.3 is 9.64 Å². The summed E-state index contributed by atoms with van der Waals surface area (Å²) in [4.78, 5) is 2.57. The highest BCUT2D eigenvalue weighted by molar-refractivity contribution is 7.90. The molecule has 0 unspecified atom stereocenters. The van der Waals surface area contributed by atoms with Gasteiger partial charge in [-0.25, -0.2) is 0 Å². The molecule has 0 amide bonds. The Kier molecular flexibility index (Phi) is 8.58. The predicted molar refractivity (Wildman–Crippen MR) is 114 cm³/mol. The molecule has 1 aromatic carbocycles. The van der Waals surface area contributed by atoms with Crippen LogP contribution in [0, 0.1) is 0 Å². The third kappa shape index (κ3) is 7.03. The number of rotatable bonds is 11. The maximum atomic E-state index is 12.5. The van der Waals surface area contributed by atoms with E-state index in [1.54, 1.807) is 12.1 Å². The summed E-state index contributed by atoms with van der Waals surface area (Å²) in [6, 6.07) is 9.04. The van der Waals surface area contributed by atoms with E-state index in [2.05, 4.69) is 9.62 Å². The van der Waals surface area contributed by atoms with Gasteiger partial charge in [-0.1, -0.05) is 31.0 Å². The molecule has 6 nitrogen and oxygen atoms in total. The Morgan fingerprint density at radius 1 is 0.929 bits per heavy atom. The van der Waals surface area contributed by atoms with Crippen molar-refractivity contribution in [2.75, 3.05) is 44.1 Å². The number of hydrogen-bond acceptors (Lipinski definition) is 4. The van der Waals surface area contributed by atoms with Crippen molar-refractivity contribution in [2.45, 2.75) is 57.5 Å². The maximum Gasteiger partial charge on any atom is 0.301 e.